The van der Waals surface area contributed by atoms with Gasteiger partial charge in [-0.1, -0.05) is 18.3 Å². The first-order valence-electron chi connectivity index (χ1n) is 5.52. The molecule has 20 heavy (non-hydrogen) atoms. The van der Waals surface area contributed by atoms with Gasteiger partial charge in [-0.25, -0.2) is 0 Å². The molecule has 0 aliphatic rings. The van der Waals surface area contributed by atoms with Gasteiger partial charge in [0.05, 0.1) is 5.69 Å². The number of anilines is 1. The summed E-state index contributed by atoms with van der Waals surface area (Å²) in [4.78, 5) is 4.45. The minimum absolute atomic E-state index is 0.285. The molecule has 0 unspecified atom stereocenters. The van der Waals surface area contributed by atoms with Gasteiger partial charge in [0.15, 0.2) is 0 Å². The molecule has 1 N–H and O–H groups in total. The number of pyridine rings is 1. The van der Waals surface area contributed by atoms with Crippen molar-refractivity contribution >= 4 is 22.9 Å². The van der Waals surface area contributed by atoms with Gasteiger partial charge in [0.1, 0.15) is 10.7 Å². The fraction of sp³-hybridized carbons (Fsp3) is 0.0769. The summed E-state index contributed by atoms with van der Waals surface area (Å²) in [6, 6.07) is 10.6. The second kappa shape index (κ2) is 5.87. The molecule has 0 amide bonds. The van der Waals surface area contributed by atoms with E-state index in [0.29, 0.717) is 16.4 Å². The average Bonchev–Trinajstić information content (AvgIpc) is 2.40. The molecule has 3 nitrogen and oxygen atoms in total. The van der Waals surface area contributed by atoms with Gasteiger partial charge in [-0.3, -0.25) is 4.98 Å². The molecule has 1 heterocycles. The third-order valence-electron chi connectivity index (χ3n) is 2.24. The topological polar surface area (TPSA) is 34.1 Å². The van der Waals surface area contributed by atoms with Crippen molar-refractivity contribution in [3.63, 3.8) is 0 Å². The van der Waals surface area contributed by atoms with Crippen molar-refractivity contribution in [1.29, 1.82) is 0 Å². The van der Waals surface area contributed by atoms with Gasteiger partial charge < -0.3 is 10.1 Å². The van der Waals surface area contributed by atoms with E-state index < -0.39 is 6.36 Å². The summed E-state index contributed by atoms with van der Waals surface area (Å²) in [6.45, 7) is 0. The van der Waals surface area contributed by atoms with E-state index in [4.69, 9.17) is 12.2 Å². The van der Waals surface area contributed by atoms with Crippen LogP contribution in [0.15, 0.2) is 48.7 Å². The fourth-order valence-corrected chi connectivity index (χ4v) is 1.67. The van der Waals surface area contributed by atoms with Crippen molar-refractivity contribution in [2.75, 3.05) is 5.32 Å². The van der Waals surface area contributed by atoms with E-state index in [-0.39, 0.29) is 5.75 Å². The first-order valence-corrected chi connectivity index (χ1v) is 5.93. The number of nitrogens with one attached hydrogen (secondary N) is 1. The van der Waals surface area contributed by atoms with Crippen LogP contribution in [0.2, 0.25) is 0 Å². The fourth-order valence-electron chi connectivity index (χ4n) is 1.43. The van der Waals surface area contributed by atoms with Crippen LogP contribution < -0.4 is 10.1 Å². The van der Waals surface area contributed by atoms with Crippen LogP contribution in [0.1, 0.15) is 5.69 Å². The Hall–Kier alpha value is -2.15. The zero-order valence-corrected chi connectivity index (χ0v) is 10.8. The van der Waals surface area contributed by atoms with E-state index >= 15 is 0 Å². The SMILES string of the molecule is FC(F)(F)Oc1ccc(NC(=S)c2ccccn2)cc1. The molecule has 2 aromatic rings. The number of ether oxygens (including phenoxy) is 1. The van der Waals surface area contributed by atoms with Gasteiger partial charge >= 0.3 is 6.36 Å². The van der Waals surface area contributed by atoms with Gasteiger partial charge in [0, 0.05) is 11.9 Å². The predicted octanol–water partition coefficient (Wildman–Crippen LogP) is 3.77. The Balaban J connectivity index is 2.02. The normalized spacial score (nSPS) is 10.9. The van der Waals surface area contributed by atoms with Crippen molar-refractivity contribution in [2.45, 2.75) is 6.36 Å². The van der Waals surface area contributed by atoms with E-state index in [2.05, 4.69) is 15.0 Å². The second-order valence-electron chi connectivity index (χ2n) is 3.74. The van der Waals surface area contributed by atoms with Crippen LogP contribution in [0.25, 0.3) is 0 Å². The number of nitrogens with zero attached hydrogens (tertiary/aromatic N) is 1. The Morgan fingerprint density at radius 3 is 2.35 bits per heavy atom. The minimum Gasteiger partial charge on any atom is -0.406 e. The van der Waals surface area contributed by atoms with E-state index in [0.717, 1.165) is 0 Å². The molecule has 0 aliphatic heterocycles. The standard InChI is InChI=1S/C13H9F3N2OS/c14-13(15,16)19-10-6-4-9(5-7-10)18-12(20)11-3-1-2-8-17-11/h1-8H,(H,18,20). The molecule has 1 aromatic heterocycles. The van der Waals surface area contributed by atoms with Crippen LogP contribution in [-0.4, -0.2) is 16.3 Å². The Bertz CT molecular complexity index is 585. The maximum atomic E-state index is 12.0. The largest absolute Gasteiger partial charge is 0.573 e. The number of aromatic nitrogens is 1. The highest BCUT2D eigenvalue weighted by molar-refractivity contribution is 7.81. The monoisotopic (exact) mass is 298 g/mol. The van der Waals surface area contributed by atoms with Gasteiger partial charge in [0.25, 0.3) is 0 Å². The summed E-state index contributed by atoms with van der Waals surface area (Å²) in [6.07, 6.45) is -3.10. The van der Waals surface area contributed by atoms with E-state index in [9.17, 15) is 13.2 Å². The smallest absolute Gasteiger partial charge is 0.406 e. The number of alkyl halides is 3. The van der Waals surface area contributed by atoms with Crippen molar-refractivity contribution in [3.8, 4) is 5.75 Å². The number of halogens is 3. The summed E-state index contributed by atoms with van der Waals surface area (Å²) in [5.74, 6) is -0.285. The number of hydrogen-bond acceptors (Lipinski definition) is 3. The molecule has 104 valence electrons. The Kier molecular flexibility index (Phi) is 4.19. The summed E-state index contributed by atoms with van der Waals surface area (Å²) in [7, 11) is 0. The van der Waals surface area contributed by atoms with Crippen LogP contribution in [-0.2, 0) is 0 Å². The zero-order valence-electron chi connectivity index (χ0n) is 10.0. The van der Waals surface area contributed by atoms with Crippen LogP contribution >= 0.6 is 12.2 Å². The first kappa shape index (κ1) is 14.3. The quantitative estimate of drug-likeness (QED) is 0.875. The second-order valence-corrected chi connectivity index (χ2v) is 4.15. The maximum absolute atomic E-state index is 12.0. The van der Waals surface area contributed by atoms with Crippen molar-refractivity contribution in [2.24, 2.45) is 0 Å². The lowest BCUT2D eigenvalue weighted by Crippen LogP contribution is -2.17. The van der Waals surface area contributed by atoms with Crippen LogP contribution in [0.3, 0.4) is 0 Å². The average molecular weight is 298 g/mol. The summed E-state index contributed by atoms with van der Waals surface area (Å²) in [5.41, 5.74) is 1.13. The minimum atomic E-state index is -4.70. The zero-order chi connectivity index (χ0) is 14.6. The van der Waals surface area contributed by atoms with Crippen LogP contribution in [0, 0.1) is 0 Å². The molecule has 0 spiro atoms. The van der Waals surface area contributed by atoms with Crippen molar-refractivity contribution in [1.82, 2.24) is 4.98 Å². The summed E-state index contributed by atoms with van der Waals surface area (Å²) >= 11 is 5.14. The van der Waals surface area contributed by atoms with E-state index in [1.807, 2.05) is 0 Å². The molecular weight excluding hydrogens is 289 g/mol. The Morgan fingerprint density at radius 2 is 1.80 bits per heavy atom. The third-order valence-corrected chi connectivity index (χ3v) is 2.55. The number of thiocarbonyl (C=S) groups is 1. The maximum Gasteiger partial charge on any atom is 0.573 e. The van der Waals surface area contributed by atoms with Gasteiger partial charge in [-0.15, -0.1) is 13.2 Å². The molecule has 0 aliphatic carbocycles. The lowest BCUT2D eigenvalue weighted by Gasteiger charge is -2.10. The molecule has 0 radical (unpaired) electrons. The predicted molar refractivity (Wildman–Crippen MR) is 72.7 cm³/mol. The van der Waals surface area contributed by atoms with Crippen molar-refractivity contribution in [3.05, 3.63) is 54.4 Å². The first-order chi connectivity index (χ1) is 9.44. The molecule has 0 bridgehead atoms. The summed E-state index contributed by atoms with van der Waals surface area (Å²) < 4.78 is 39.8. The van der Waals surface area contributed by atoms with Crippen molar-refractivity contribution < 1.29 is 17.9 Å². The van der Waals surface area contributed by atoms with Gasteiger partial charge in [-0.05, 0) is 36.4 Å². The van der Waals surface area contributed by atoms with Gasteiger partial charge in [0.2, 0.25) is 0 Å². The lowest BCUT2D eigenvalue weighted by atomic mass is 10.3. The van der Waals surface area contributed by atoms with Crippen LogP contribution in [0.4, 0.5) is 18.9 Å². The molecule has 0 saturated heterocycles. The molecule has 0 atom stereocenters. The highest BCUT2D eigenvalue weighted by atomic mass is 32.1. The Morgan fingerprint density at radius 1 is 1.10 bits per heavy atom. The van der Waals surface area contributed by atoms with Crippen LogP contribution in [0.5, 0.6) is 5.75 Å². The number of rotatable bonds is 3. The highest BCUT2D eigenvalue weighted by Gasteiger charge is 2.30. The summed E-state index contributed by atoms with van der Waals surface area (Å²) in [5, 5.41) is 2.88. The third kappa shape index (κ3) is 4.20. The molecule has 0 fully saturated rings. The molecule has 2 rings (SSSR count). The van der Waals surface area contributed by atoms with E-state index in [1.165, 1.54) is 24.3 Å². The molecular formula is C13H9F3N2OS. The molecule has 1 aromatic carbocycles. The van der Waals surface area contributed by atoms with E-state index in [1.54, 1.807) is 24.4 Å². The molecule has 7 heteroatoms. The number of hydrogen-bond donors (Lipinski definition) is 1. The lowest BCUT2D eigenvalue weighted by molar-refractivity contribution is -0.274. The Labute approximate surface area is 118 Å². The molecule has 0 saturated carbocycles. The number of benzene rings is 1. The van der Waals surface area contributed by atoms with Gasteiger partial charge in [-0.2, -0.15) is 0 Å². The highest BCUT2D eigenvalue weighted by Crippen LogP contribution is 2.24.